The smallest absolute Gasteiger partial charge is 0.241 e. The Morgan fingerprint density at radius 2 is 2.12 bits per heavy atom. The van der Waals surface area contributed by atoms with Crippen LogP contribution < -0.4 is 5.32 Å². The van der Waals surface area contributed by atoms with Gasteiger partial charge in [-0.05, 0) is 34.4 Å². The number of hydrogen-bond acceptors (Lipinski definition) is 3. The van der Waals surface area contributed by atoms with Crippen molar-refractivity contribution in [1.82, 2.24) is 15.1 Å². The molecule has 1 fully saturated rings. The van der Waals surface area contributed by atoms with Gasteiger partial charge in [-0.25, -0.2) is 0 Å². The molecule has 4 nitrogen and oxygen atoms in total. The predicted molar refractivity (Wildman–Crippen MR) is 66.4 cm³/mol. The van der Waals surface area contributed by atoms with Gasteiger partial charge in [-0.15, -0.1) is 0 Å². The third-order valence-electron chi connectivity index (χ3n) is 3.07. The van der Waals surface area contributed by atoms with E-state index in [1.165, 1.54) is 0 Å². The monoisotopic (exact) mass is 227 g/mol. The molecular formula is C12H25N3O. The first-order valence-corrected chi connectivity index (χ1v) is 6.08. The molecule has 1 unspecified atom stereocenters. The van der Waals surface area contributed by atoms with E-state index >= 15 is 0 Å². The maximum atomic E-state index is 12.3. The zero-order valence-electron chi connectivity index (χ0n) is 11.2. The van der Waals surface area contributed by atoms with Crippen LogP contribution in [0.2, 0.25) is 0 Å². The first-order valence-electron chi connectivity index (χ1n) is 6.08. The van der Waals surface area contributed by atoms with Crippen LogP contribution in [0.25, 0.3) is 0 Å². The molecule has 1 N–H and O–H groups in total. The van der Waals surface area contributed by atoms with Crippen LogP contribution >= 0.6 is 0 Å². The highest BCUT2D eigenvalue weighted by molar-refractivity contribution is 5.83. The Morgan fingerprint density at radius 1 is 1.50 bits per heavy atom. The number of carbonyl (C=O) groups excluding carboxylic acids is 1. The summed E-state index contributed by atoms with van der Waals surface area (Å²) in [6, 6.07) is -0.0467. The molecule has 1 heterocycles. The van der Waals surface area contributed by atoms with Gasteiger partial charge < -0.3 is 15.1 Å². The van der Waals surface area contributed by atoms with E-state index in [1.807, 2.05) is 19.0 Å². The van der Waals surface area contributed by atoms with Gasteiger partial charge in [0.1, 0.15) is 0 Å². The molecule has 1 amide bonds. The van der Waals surface area contributed by atoms with E-state index in [0.717, 1.165) is 26.1 Å². The largest absolute Gasteiger partial charge is 0.335 e. The van der Waals surface area contributed by atoms with Crippen molar-refractivity contribution in [2.45, 2.75) is 38.8 Å². The van der Waals surface area contributed by atoms with E-state index in [1.54, 1.807) is 0 Å². The lowest BCUT2D eigenvalue weighted by atomic mass is 9.96. The molecule has 4 heteroatoms. The van der Waals surface area contributed by atoms with Crippen LogP contribution in [0.3, 0.4) is 0 Å². The van der Waals surface area contributed by atoms with Gasteiger partial charge in [-0.3, -0.25) is 4.79 Å². The summed E-state index contributed by atoms with van der Waals surface area (Å²) < 4.78 is 0. The van der Waals surface area contributed by atoms with E-state index < -0.39 is 0 Å². The summed E-state index contributed by atoms with van der Waals surface area (Å²) in [4.78, 5) is 16.4. The van der Waals surface area contributed by atoms with Gasteiger partial charge in [-0.2, -0.15) is 0 Å². The molecule has 0 bridgehead atoms. The molecule has 1 aliphatic rings. The van der Waals surface area contributed by atoms with E-state index in [-0.39, 0.29) is 17.5 Å². The fourth-order valence-corrected chi connectivity index (χ4v) is 2.19. The molecule has 0 aliphatic carbocycles. The van der Waals surface area contributed by atoms with Crippen molar-refractivity contribution in [2.75, 3.05) is 33.7 Å². The van der Waals surface area contributed by atoms with E-state index in [4.69, 9.17) is 0 Å². The second-order valence-corrected chi connectivity index (χ2v) is 5.50. The fourth-order valence-electron chi connectivity index (χ4n) is 2.19. The normalized spacial score (nSPS) is 25.2. The zero-order chi connectivity index (χ0) is 12.3. The minimum atomic E-state index is -0.0596. The zero-order valence-corrected chi connectivity index (χ0v) is 11.2. The molecule has 0 radical (unpaired) electrons. The fraction of sp³-hybridized carbons (Fsp3) is 0.917. The van der Waals surface area contributed by atoms with Crippen molar-refractivity contribution in [1.29, 1.82) is 0 Å². The molecule has 1 saturated heterocycles. The average molecular weight is 227 g/mol. The van der Waals surface area contributed by atoms with Crippen molar-refractivity contribution >= 4 is 5.91 Å². The summed E-state index contributed by atoms with van der Waals surface area (Å²) in [6.07, 6.45) is 1.02. The van der Waals surface area contributed by atoms with Crippen LogP contribution in [-0.2, 0) is 4.79 Å². The molecule has 94 valence electrons. The highest BCUT2D eigenvalue weighted by Crippen LogP contribution is 2.20. The molecule has 16 heavy (non-hydrogen) atoms. The molecule has 1 rings (SSSR count). The second kappa shape index (κ2) is 5.15. The third kappa shape index (κ3) is 2.95. The number of rotatable bonds is 4. The molecular weight excluding hydrogens is 202 g/mol. The molecule has 0 aromatic carbocycles. The quantitative estimate of drug-likeness (QED) is 0.761. The van der Waals surface area contributed by atoms with Gasteiger partial charge in [-0.1, -0.05) is 6.92 Å². The lowest BCUT2D eigenvalue weighted by Crippen LogP contribution is -2.66. The summed E-state index contributed by atoms with van der Waals surface area (Å²) in [6.45, 7) is 8.87. The lowest BCUT2D eigenvalue weighted by Gasteiger charge is -2.46. The number of hydrogen-bond donors (Lipinski definition) is 1. The second-order valence-electron chi connectivity index (χ2n) is 5.50. The number of nitrogens with zero attached hydrogens (tertiary/aromatic N) is 2. The first-order chi connectivity index (χ1) is 7.38. The molecule has 1 aliphatic heterocycles. The van der Waals surface area contributed by atoms with Gasteiger partial charge in [0.25, 0.3) is 0 Å². The van der Waals surface area contributed by atoms with E-state index in [0.29, 0.717) is 0 Å². The van der Waals surface area contributed by atoms with Crippen molar-refractivity contribution in [3.05, 3.63) is 0 Å². The Labute approximate surface area is 99.0 Å². The van der Waals surface area contributed by atoms with Crippen LogP contribution in [0.1, 0.15) is 27.2 Å². The number of likely N-dealkylation sites (N-methyl/N-ethyl adjacent to an activating group) is 1. The first kappa shape index (κ1) is 13.5. The van der Waals surface area contributed by atoms with Crippen molar-refractivity contribution in [3.8, 4) is 0 Å². The number of piperazine rings is 1. The molecule has 0 spiro atoms. The van der Waals surface area contributed by atoms with Gasteiger partial charge in [0, 0.05) is 25.2 Å². The Morgan fingerprint density at radius 3 is 2.62 bits per heavy atom. The number of nitrogens with one attached hydrogen (secondary N) is 1. The summed E-state index contributed by atoms with van der Waals surface area (Å²) >= 11 is 0. The highest BCUT2D eigenvalue weighted by Gasteiger charge is 2.39. The van der Waals surface area contributed by atoms with Gasteiger partial charge in [0.15, 0.2) is 0 Å². The Bertz CT molecular complexity index is 251. The Kier molecular flexibility index (Phi) is 4.33. The molecule has 1 atom stereocenters. The minimum Gasteiger partial charge on any atom is -0.335 e. The van der Waals surface area contributed by atoms with Gasteiger partial charge in [0.2, 0.25) is 5.91 Å². The van der Waals surface area contributed by atoms with Crippen LogP contribution in [0.4, 0.5) is 0 Å². The number of amides is 1. The highest BCUT2D eigenvalue weighted by atomic mass is 16.2. The van der Waals surface area contributed by atoms with E-state index in [2.05, 4.69) is 31.0 Å². The Balaban J connectivity index is 2.73. The van der Waals surface area contributed by atoms with Crippen LogP contribution in [0.15, 0.2) is 0 Å². The molecule has 0 aromatic rings. The third-order valence-corrected chi connectivity index (χ3v) is 3.07. The van der Waals surface area contributed by atoms with Crippen LogP contribution in [0.5, 0.6) is 0 Å². The number of carbonyl (C=O) groups is 1. The van der Waals surface area contributed by atoms with Gasteiger partial charge >= 0.3 is 0 Å². The summed E-state index contributed by atoms with van der Waals surface area (Å²) in [5.74, 6) is 0.242. The van der Waals surface area contributed by atoms with Crippen LogP contribution in [0, 0.1) is 0 Å². The van der Waals surface area contributed by atoms with Crippen LogP contribution in [-0.4, -0.2) is 61.0 Å². The average Bonchev–Trinajstić information content (AvgIpc) is 2.17. The molecule has 0 saturated carbocycles. The minimum absolute atomic E-state index is 0.0467. The standard InChI is InChI=1S/C12H25N3O/c1-6-7-15-11(16)10(8-14(4)5)13-9-12(15,2)3/h10,13H,6-9H2,1-5H3. The maximum absolute atomic E-state index is 12.3. The summed E-state index contributed by atoms with van der Waals surface area (Å²) in [7, 11) is 4.00. The summed E-state index contributed by atoms with van der Waals surface area (Å²) in [5, 5.41) is 3.35. The topological polar surface area (TPSA) is 35.6 Å². The summed E-state index contributed by atoms with van der Waals surface area (Å²) in [5.41, 5.74) is -0.0596. The SMILES string of the molecule is CCCN1C(=O)C(CN(C)C)NCC1(C)C. The van der Waals surface area contributed by atoms with Crippen molar-refractivity contribution in [3.63, 3.8) is 0 Å². The van der Waals surface area contributed by atoms with Crippen molar-refractivity contribution < 1.29 is 4.79 Å². The maximum Gasteiger partial charge on any atom is 0.241 e. The predicted octanol–water partition coefficient (Wildman–Crippen LogP) is 0.537. The van der Waals surface area contributed by atoms with Crippen molar-refractivity contribution in [2.24, 2.45) is 0 Å². The van der Waals surface area contributed by atoms with Gasteiger partial charge in [0.05, 0.1) is 6.04 Å². The Hall–Kier alpha value is -0.610. The van der Waals surface area contributed by atoms with E-state index in [9.17, 15) is 4.79 Å². The molecule has 0 aromatic heterocycles. The lowest BCUT2D eigenvalue weighted by molar-refractivity contribution is -0.143.